The second-order valence-electron chi connectivity index (χ2n) is 4.36. The number of esters is 1. The first-order chi connectivity index (χ1) is 9.08. The van der Waals surface area contributed by atoms with Crippen molar-refractivity contribution in [1.29, 1.82) is 0 Å². The van der Waals surface area contributed by atoms with Crippen LogP contribution < -0.4 is 4.90 Å². The predicted octanol–water partition coefficient (Wildman–Crippen LogP) is 2.36. The van der Waals surface area contributed by atoms with Crippen molar-refractivity contribution in [3.05, 3.63) is 29.6 Å². The molecular formula is C13H13BrFNO3. The van der Waals surface area contributed by atoms with Crippen molar-refractivity contribution in [2.24, 2.45) is 5.92 Å². The van der Waals surface area contributed by atoms with Gasteiger partial charge in [-0.3, -0.25) is 4.79 Å². The molecule has 1 aromatic carbocycles. The van der Waals surface area contributed by atoms with Gasteiger partial charge in [-0.1, -0.05) is 22.0 Å². The van der Waals surface area contributed by atoms with Gasteiger partial charge in [0.2, 0.25) is 5.91 Å². The van der Waals surface area contributed by atoms with Crippen LogP contribution in [0.15, 0.2) is 18.2 Å². The number of methoxy groups -OCH3 is 1. The summed E-state index contributed by atoms with van der Waals surface area (Å²) >= 11 is 3.32. The van der Waals surface area contributed by atoms with Gasteiger partial charge in [-0.2, -0.15) is 0 Å². The van der Waals surface area contributed by atoms with E-state index in [0.717, 1.165) is 0 Å². The zero-order valence-corrected chi connectivity index (χ0v) is 11.9. The van der Waals surface area contributed by atoms with Crippen LogP contribution in [0.1, 0.15) is 16.8 Å². The number of carbonyl (C=O) groups excluding carboxylic acids is 2. The number of hydrogen-bond acceptors (Lipinski definition) is 3. The highest BCUT2D eigenvalue weighted by molar-refractivity contribution is 9.09. The Kier molecular flexibility index (Phi) is 4.19. The number of hydrogen-bond donors (Lipinski definition) is 0. The lowest BCUT2D eigenvalue weighted by molar-refractivity contribution is -0.117. The van der Waals surface area contributed by atoms with Crippen molar-refractivity contribution in [2.75, 3.05) is 23.9 Å². The van der Waals surface area contributed by atoms with Crippen molar-refractivity contribution in [1.82, 2.24) is 0 Å². The first kappa shape index (κ1) is 14.0. The third-order valence-corrected chi connectivity index (χ3v) is 4.01. The van der Waals surface area contributed by atoms with E-state index < -0.39 is 11.8 Å². The molecule has 1 atom stereocenters. The fourth-order valence-electron chi connectivity index (χ4n) is 2.11. The topological polar surface area (TPSA) is 46.6 Å². The molecule has 102 valence electrons. The summed E-state index contributed by atoms with van der Waals surface area (Å²) in [4.78, 5) is 24.7. The van der Waals surface area contributed by atoms with E-state index in [9.17, 15) is 14.0 Å². The maximum Gasteiger partial charge on any atom is 0.340 e. The summed E-state index contributed by atoms with van der Waals surface area (Å²) in [6.07, 6.45) is 0.382. The van der Waals surface area contributed by atoms with Gasteiger partial charge in [-0.15, -0.1) is 0 Å². The molecule has 0 radical (unpaired) electrons. The first-order valence-electron chi connectivity index (χ1n) is 5.81. The van der Waals surface area contributed by atoms with Crippen LogP contribution in [0.5, 0.6) is 0 Å². The van der Waals surface area contributed by atoms with Crippen molar-refractivity contribution in [3.8, 4) is 0 Å². The fourth-order valence-corrected chi connectivity index (χ4v) is 2.55. The number of benzene rings is 1. The number of halogens is 2. The van der Waals surface area contributed by atoms with E-state index in [1.165, 1.54) is 24.1 Å². The highest BCUT2D eigenvalue weighted by atomic mass is 79.9. The molecule has 0 aromatic heterocycles. The van der Waals surface area contributed by atoms with E-state index in [0.29, 0.717) is 18.3 Å². The molecule has 0 N–H and O–H groups in total. The summed E-state index contributed by atoms with van der Waals surface area (Å²) in [6.45, 7) is 0.450. The normalized spacial score (nSPS) is 18.8. The van der Waals surface area contributed by atoms with Gasteiger partial charge >= 0.3 is 5.97 Å². The number of rotatable bonds is 3. The van der Waals surface area contributed by atoms with Gasteiger partial charge in [-0.05, 0) is 18.1 Å². The minimum absolute atomic E-state index is 0.134. The van der Waals surface area contributed by atoms with Gasteiger partial charge in [0.25, 0.3) is 0 Å². The monoisotopic (exact) mass is 329 g/mol. The molecule has 4 nitrogen and oxygen atoms in total. The van der Waals surface area contributed by atoms with E-state index in [-0.39, 0.29) is 23.1 Å². The van der Waals surface area contributed by atoms with Crippen molar-refractivity contribution in [2.45, 2.75) is 6.42 Å². The number of carbonyl (C=O) groups is 2. The Bertz CT molecular complexity index is 521. The van der Waals surface area contributed by atoms with Crippen LogP contribution in [0.2, 0.25) is 0 Å². The van der Waals surface area contributed by atoms with Gasteiger partial charge in [0.1, 0.15) is 0 Å². The number of alkyl halides is 1. The van der Waals surface area contributed by atoms with Gasteiger partial charge in [0.05, 0.1) is 18.4 Å². The third kappa shape index (κ3) is 2.63. The molecular weight excluding hydrogens is 317 g/mol. The Hall–Kier alpha value is -1.43. The average Bonchev–Trinajstić information content (AvgIpc) is 2.79. The molecule has 1 amide bonds. The smallest absolute Gasteiger partial charge is 0.340 e. The summed E-state index contributed by atoms with van der Waals surface area (Å²) in [6, 6.07) is 4.38. The molecule has 0 aliphatic carbocycles. The second-order valence-corrected chi connectivity index (χ2v) is 5.01. The maximum absolute atomic E-state index is 14.3. The first-order valence-corrected chi connectivity index (χ1v) is 6.93. The SMILES string of the molecule is COC(=O)c1cccc(N2CC(CBr)CC2=O)c1F. The molecule has 1 aromatic rings. The van der Waals surface area contributed by atoms with E-state index in [4.69, 9.17) is 0 Å². The predicted molar refractivity (Wildman–Crippen MR) is 72.0 cm³/mol. The van der Waals surface area contributed by atoms with Gasteiger partial charge in [-0.25, -0.2) is 9.18 Å². The molecule has 1 fully saturated rings. The van der Waals surface area contributed by atoms with E-state index in [1.54, 1.807) is 6.07 Å². The fraction of sp³-hybridized carbons (Fsp3) is 0.385. The summed E-state index contributed by atoms with van der Waals surface area (Å²) in [5, 5.41) is 0.688. The summed E-state index contributed by atoms with van der Waals surface area (Å²) < 4.78 is 18.8. The highest BCUT2D eigenvalue weighted by Gasteiger charge is 2.32. The quantitative estimate of drug-likeness (QED) is 0.631. The van der Waals surface area contributed by atoms with Crippen molar-refractivity contribution < 1.29 is 18.7 Å². The molecule has 19 heavy (non-hydrogen) atoms. The van der Waals surface area contributed by atoms with E-state index in [1.807, 2.05) is 0 Å². The second kappa shape index (κ2) is 5.69. The van der Waals surface area contributed by atoms with Gasteiger partial charge < -0.3 is 9.64 Å². The van der Waals surface area contributed by atoms with Crippen LogP contribution in [-0.2, 0) is 9.53 Å². The molecule has 1 aliphatic rings. The van der Waals surface area contributed by atoms with E-state index in [2.05, 4.69) is 20.7 Å². The van der Waals surface area contributed by atoms with Crippen LogP contribution in [0.3, 0.4) is 0 Å². The van der Waals surface area contributed by atoms with E-state index >= 15 is 0 Å². The molecule has 1 saturated heterocycles. The van der Waals surface area contributed by atoms with Gasteiger partial charge in [0, 0.05) is 18.3 Å². The Morgan fingerprint density at radius 3 is 2.89 bits per heavy atom. The lowest BCUT2D eigenvalue weighted by Crippen LogP contribution is -2.26. The van der Waals surface area contributed by atoms with Gasteiger partial charge in [0.15, 0.2) is 5.82 Å². The Balaban J connectivity index is 2.36. The molecule has 2 rings (SSSR count). The standard InChI is InChI=1S/C13H13BrFNO3/c1-19-13(18)9-3-2-4-10(12(9)15)16-7-8(6-14)5-11(16)17/h2-4,8H,5-7H2,1H3. The Morgan fingerprint density at radius 2 is 2.32 bits per heavy atom. The zero-order valence-electron chi connectivity index (χ0n) is 10.4. The number of nitrogens with zero attached hydrogens (tertiary/aromatic N) is 1. The lowest BCUT2D eigenvalue weighted by atomic mass is 10.1. The minimum atomic E-state index is -0.747. The molecule has 0 saturated carbocycles. The highest BCUT2D eigenvalue weighted by Crippen LogP contribution is 2.29. The maximum atomic E-state index is 14.3. The van der Waals surface area contributed by atoms with Crippen molar-refractivity contribution in [3.63, 3.8) is 0 Å². The number of amides is 1. The molecule has 1 aliphatic heterocycles. The lowest BCUT2D eigenvalue weighted by Gasteiger charge is -2.18. The summed E-state index contributed by atoms with van der Waals surface area (Å²) in [7, 11) is 1.19. The number of anilines is 1. The molecule has 1 heterocycles. The number of ether oxygens (including phenoxy) is 1. The average molecular weight is 330 g/mol. The molecule has 1 unspecified atom stereocenters. The minimum Gasteiger partial charge on any atom is -0.465 e. The molecule has 0 spiro atoms. The van der Waals surface area contributed by atoms with Crippen LogP contribution in [0.4, 0.5) is 10.1 Å². The van der Waals surface area contributed by atoms with Crippen LogP contribution in [0.25, 0.3) is 0 Å². The van der Waals surface area contributed by atoms with Crippen LogP contribution in [0, 0.1) is 11.7 Å². The third-order valence-electron chi connectivity index (χ3n) is 3.10. The Morgan fingerprint density at radius 1 is 1.58 bits per heavy atom. The van der Waals surface area contributed by atoms with Crippen molar-refractivity contribution >= 4 is 33.5 Å². The largest absolute Gasteiger partial charge is 0.465 e. The Labute approximate surface area is 118 Å². The molecule has 0 bridgehead atoms. The van der Waals surface area contributed by atoms with Crippen LogP contribution in [-0.4, -0.2) is 30.9 Å². The summed E-state index contributed by atoms with van der Waals surface area (Å²) in [5.74, 6) is -1.43. The van der Waals surface area contributed by atoms with Crippen LogP contribution >= 0.6 is 15.9 Å². The zero-order chi connectivity index (χ0) is 14.0. The molecule has 6 heteroatoms. The summed E-state index contributed by atoms with van der Waals surface area (Å²) in [5.41, 5.74) is -0.0218.